The molecule has 2 rings (SSSR count). The van der Waals surface area contributed by atoms with E-state index in [9.17, 15) is 4.79 Å². The Hall–Kier alpha value is -2.09. The van der Waals surface area contributed by atoms with Crippen LogP contribution in [0.4, 0.5) is 11.6 Å². The number of anilines is 2. The van der Waals surface area contributed by atoms with Gasteiger partial charge in [-0.15, -0.1) is 0 Å². The van der Waals surface area contributed by atoms with E-state index in [1.807, 2.05) is 4.90 Å². The molecule has 1 aromatic heterocycles. The van der Waals surface area contributed by atoms with Gasteiger partial charge in [0.25, 0.3) is 0 Å². The van der Waals surface area contributed by atoms with Crippen molar-refractivity contribution < 1.29 is 4.79 Å². The molecule has 0 bridgehead atoms. The number of hydrogen-bond donors (Lipinski definition) is 3. The Labute approximate surface area is 114 Å². The molecule has 0 spiro atoms. The minimum Gasteiger partial charge on any atom is -0.382 e. The molecule has 1 aliphatic heterocycles. The van der Waals surface area contributed by atoms with Crippen LogP contribution in [-0.4, -0.2) is 34.9 Å². The minimum atomic E-state index is -0.764. The van der Waals surface area contributed by atoms with Crippen LogP contribution in [0.3, 0.4) is 0 Å². The summed E-state index contributed by atoms with van der Waals surface area (Å²) in [6, 6.07) is 0. The normalized spacial score (nSPS) is 14.5. The van der Waals surface area contributed by atoms with Crippen molar-refractivity contribution in [2.24, 2.45) is 16.5 Å². The molecule has 8 nitrogen and oxygen atoms in total. The van der Waals surface area contributed by atoms with Gasteiger partial charge in [0.05, 0.1) is 0 Å². The van der Waals surface area contributed by atoms with E-state index in [-0.39, 0.29) is 22.6 Å². The Morgan fingerprint density at radius 2 is 1.89 bits per heavy atom. The molecule has 1 aromatic rings. The van der Waals surface area contributed by atoms with Crippen LogP contribution < -0.4 is 22.1 Å². The van der Waals surface area contributed by atoms with Crippen molar-refractivity contribution in [1.29, 1.82) is 0 Å². The average Bonchev–Trinajstić information content (AvgIpc) is 2.84. The number of amides is 1. The number of aliphatic imine (C=N–C) groups is 1. The van der Waals surface area contributed by atoms with Crippen molar-refractivity contribution in [2.45, 2.75) is 12.8 Å². The standard InChI is InChI=1S/C10H14ClN7O/c11-6-8(18-3-1-2-4-18)16-7(12)5(15-6)9(19)17-10(13)14/h1-4H2,(H2,12,16)(H4,13,14,17,19). The Kier molecular flexibility index (Phi) is 3.70. The quantitative estimate of drug-likeness (QED) is 0.502. The smallest absolute Gasteiger partial charge is 0.302 e. The maximum Gasteiger partial charge on any atom is 0.302 e. The van der Waals surface area contributed by atoms with Crippen LogP contribution in [0.15, 0.2) is 4.99 Å². The molecular weight excluding hydrogens is 270 g/mol. The fourth-order valence-corrected chi connectivity index (χ4v) is 2.12. The van der Waals surface area contributed by atoms with Crippen LogP contribution in [0.1, 0.15) is 23.3 Å². The van der Waals surface area contributed by atoms with Gasteiger partial charge in [0.1, 0.15) is 0 Å². The molecule has 2 heterocycles. The van der Waals surface area contributed by atoms with Gasteiger partial charge in [0.2, 0.25) is 0 Å². The van der Waals surface area contributed by atoms with Gasteiger partial charge < -0.3 is 22.1 Å². The number of nitrogens with zero attached hydrogens (tertiary/aromatic N) is 4. The molecule has 0 aromatic carbocycles. The maximum atomic E-state index is 11.7. The van der Waals surface area contributed by atoms with Crippen LogP contribution in [-0.2, 0) is 0 Å². The molecule has 6 N–H and O–H groups in total. The zero-order valence-electron chi connectivity index (χ0n) is 10.1. The van der Waals surface area contributed by atoms with Crippen molar-refractivity contribution >= 4 is 35.1 Å². The second kappa shape index (κ2) is 5.27. The summed E-state index contributed by atoms with van der Waals surface area (Å²) >= 11 is 6.03. The predicted molar refractivity (Wildman–Crippen MR) is 73.0 cm³/mol. The lowest BCUT2D eigenvalue weighted by Gasteiger charge is -2.17. The molecule has 1 aliphatic rings. The average molecular weight is 284 g/mol. The highest BCUT2D eigenvalue weighted by Crippen LogP contribution is 2.27. The van der Waals surface area contributed by atoms with E-state index in [1.54, 1.807) is 0 Å². The number of nitrogens with two attached hydrogens (primary N) is 3. The van der Waals surface area contributed by atoms with Crippen LogP contribution in [0.5, 0.6) is 0 Å². The number of guanidine groups is 1. The van der Waals surface area contributed by atoms with Crippen LogP contribution in [0.2, 0.25) is 5.15 Å². The number of nitrogen functional groups attached to an aromatic ring is 1. The van der Waals surface area contributed by atoms with Crippen molar-refractivity contribution in [3.63, 3.8) is 0 Å². The lowest BCUT2D eigenvalue weighted by molar-refractivity contribution is 0.0998. The Balaban J connectivity index is 2.36. The second-order valence-electron chi connectivity index (χ2n) is 4.11. The van der Waals surface area contributed by atoms with Gasteiger partial charge in [-0.25, -0.2) is 9.97 Å². The third-order valence-corrected chi connectivity index (χ3v) is 2.96. The lowest BCUT2D eigenvalue weighted by Crippen LogP contribution is -2.25. The zero-order valence-corrected chi connectivity index (χ0v) is 10.9. The molecule has 0 atom stereocenters. The van der Waals surface area contributed by atoms with Crippen molar-refractivity contribution in [1.82, 2.24) is 9.97 Å². The van der Waals surface area contributed by atoms with Crippen LogP contribution in [0, 0.1) is 0 Å². The summed E-state index contributed by atoms with van der Waals surface area (Å²) in [6.45, 7) is 1.68. The third-order valence-electron chi connectivity index (χ3n) is 2.70. The summed E-state index contributed by atoms with van der Waals surface area (Å²) in [5, 5.41) is 0.116. The second-order valence-corrected chi connectivity index (χ2v) is 4.47. The van der Waals surface area contributed by atoms with Crippen molar-refractivity contribution in [3.05, 3.63) is 10.8 Å². The minimum absolute atomic E-state index is 0.0405. The monoisotopic (exact) mass is 283 g/mol. The van der Waals surface area contributed by atoms with E-state index < -0.39 is 5.91 Å². The van der Waals surface area contributed by atoms with Crippen LogP contribution in [0.25, 0.3) is 0 Å². The third kappa shape index (κ3) is 2.84. The molecule has 1 fully saturated rings. The van der Waals surface area contributed by atoms with E-state index in [0.717, 1.165) is 25.9 Å². The SMILES string of the molecule is NC(N)=NC(=O)c1nc(Cl)c(N2CCCC2)nc1N. The largest absolute Gasteiger partial charge is 0.382 e. The van der Waals surface area contributed by atoms with Crippen LogP contribution >= 0.6 is 11.6 Å². The zero-order chi connectivity index (χ0) is 14.0. The van der Waals surface area contributed by atoms with E-state index in [2.05, 4.69) is 15.0 Å². The van der Waals surface area contributed by atoms with Crippen molar-refractivity contribution in [2.75, 3.05) is 23.7 Å². The first-order chi connectivity index (χ1) is 8.99. The summed E-state index contributed by atoms with van der Waals surface area (Å²) < 4.78 is 0. The molecule has 19 heavy (non-hydrogen) atoms. The molecule has 0 saturated carbocycles. The molecule has 0 unspecified atom stereocenters. The first-order valence-corrected chi connectivity index (χ1v) is 6.08. The summed E-state index contributed by atoms with van der Waals surface area (Å²) in [5.41, 5.74) is 15.8. The molecule has 0 aliphatic carbocycles. The summed E-state index contributed by atoms with van der Waals surface area (Å²) in [7, 11) is 0. The number of rotatable bonds is 2. The molecule has 9 heteroatoms. The van der Waals surface area contributed by atoms with Gasteiger partial charge in [0.15, 0.2) is 28.4 Å². The first-order valence-electron chi connectivity index (χ1n) is 5.71. The first kappa shape index (κ1) is 13.3. The highest BCUT2D eigenvalue weighted by molar-refractivity contribution is 6.32. The summed E-state index contributed by atoms with van der Waals surface area (Å²) in [5.74, 6) is -0.690. The lowest BCUT2D eigenvalue weighted by atomic mass is 10.4. The molecule has 1 amide bonds. The molecule has 102 valence electrons. The predicted octanol–water partition coefficient (Wildman–Crippen LogP) is -0.274. The van der Waals surface area contributed by atoms with Gasteiger partial charge in [-0.05, 0) is 12.8 Å². The van der Waals surface area contributed by atoms with Gasteiger partial charge in [-0.1, -0.05) is 11.6 Å². The van der Waals surface area contributed by atoms with E-state index >= 15 is 0 Å². The maximum absolute atomic E-state index is 11.7. The number of aromatic nitrogens is 2. The molecular formula is C10H14ClN7O. The highest BCUT2D eigenvalue weighted by Gasteiger charge is 2.22. The highest BCUT2D eigenvalue weighted by atomic mass is 35.5. The van der Waals surface area contributed by atoms with E-state index in [0.29, 0.717) is 5.82 Å². The number of hydrogen-bond acceptors (Lipinski definition) is 5. The Morgan fingerprint density at radius 1 is 1.26 bits per heavy atom. The number of halogens is 1. The Bertz CT molecular complexity index is 535. The molecule has 1 saturated heterocycles. The number of carbonyl (C=O) groups excluding carboxylic acids is 1. The Morgan fingerprint density at radius 3 is 2.47 bits per heavy atom. The fourth-order valence-electron chi connectivity index (χ4n) is 1.88. The van der Waals surface area contributed by atoms with Gasteiger partial charge in [0, 0.05) is 13.1 Å². The fraction of sp³-hybridized carbons (Fsp3) is 0.400. The number of carbonyl (C=O) groups is 1. The van der Waals surface area contributed by atoms with Gasteiger partial charge >= 0.3 is 5.91 Å². The van der Waals surface area contributed by atoms with E-state index in [1.165, 1.54) is 0 Å². The topological polar surface area (TPSA) is 137 Å². The van der Waals surface area contributed by atoms with E-state index in [4.69, 9.17) is 28.8 Å². The summed E-state index contributed by atoms with van der Waals surface area (Å²) in [4.78, 5) is 25.0. The molecule has 0 radical (unpaired) electrons. The van der Waals surface area contributed by atoms with Gasteiger partial charge in [-0.3, -0.25) is 4.79 Å². The summed E-state index contributed by atoms with van der Waals surface area (Å²) in [6.07, 6.45) is 2.12. The van der Waals surface area contributed by atoms with Crippen molar-refractivity contribution in [3.8, 4) is 0 Å². The van der Waals surface area contributed by atoms with Gasteiger partial charge in [-0.2, -0.15) is 4.99 Å².